The molecular weight excluding hydrogens is 178 g/mol. The van der Waals surface area contributed by atoms with Gasteiger partial charge in [0, 0.05) is 12.5 Å². The van der Waals surface area contributed by atoms with Gasteiger partial charge in [-0.3, -0.25) is 9.89 Å². The molecule has 4 heteroatoms. The second-order valence-electron chi connectivity index (χ2n) is 3.87. The number of carbonyl (C=O) groups is 1. The average Bonchev–Trinajstić information content (AvgIpc) is 2.76. The Kier molecular flexibility index (Phi) is 2.81. The third-order valence-electron chi connectivity index (χ3n) is 2.72. The predicted octanol–water partition coefficient (Wildman–Crippen LogP) is 1.93. The fraction of sp³-hybridized carbons (Fsp3) is 0.600. The highest BCUT2D eigenvalue weighted by Crippen LogP contribution is 2.27. The number of aromatic amines is 1. The molecule has 0 unspecified atom stereocenters. The minimum absolute atomic E-state index is 0.0983. The van der Waals surface area contributed by atoms with Crippen molar-refractivity contribution in [1.29, 1.82) is 0 Å². The lowest BCUT2D eigenvalue weighted by atomic mass is 10.0. The third-order valence-corrected chi connectivity index (χ3v) is 2.72. The van der Waals surface area contributed by atoms with Gasteiger partial charge in [0.2, 0.25) is 5.91 Å². The first-order chi connectivity index (χ1) is 6.84. The third kappa shape index (κ3) is 2.34. The van der Waals surface area contributed by atoms with Crippen LogP contribution in [0.4, 0.5) is 5.82 Å². The van der Waals surface area contributed by atoms with Gasteiger partial charge < -0.3 is 5.32 Å². The lowest BCUT2D eigenvalue weighted by molar-refractivity contribution is -0.117. The van der Waals surface area contributed by atoms with E-state index in [4.69, 9.17) is 0 Å². The van der Waals surface area contributed by atoms with Crippen LogP contribution in [0.5, 0.6) is 0 Å². The highest BCUT2D eigenvalue weighted by atomic mass is 16.1. The standard InChI is InChI=1S/C10H15N3O/c14-10(7-8-3-1-2-4-8)12-9-5-6-11-13-9/h5-6,8H,1-4,7H2,(H2,11,12,13,14). The van der Waals surface area contributed by atoms with Crippen LogP contribution >= 0.6 is 0 Å². The summed E-state index contributed by atoms with van der Waals surface area (Å²) in [7, 11) is 0. The molecule has 0 aromatic carbocycles. The van der Waals surface area contributed by atoms with E-state index in [1.807, 2.05) is 0 Å². The van der Waals surface area contributed by atoms with Gasteiger partial charge in [-0.1, -0.05) is 12.8 Å². The maximum Gasteiger partial charge on any atom is 0.225 e. The van der Waals surface area contributed by atoms with Crippen LogP contribution in [0.1, 0.15) is 32.1 Å². The molecule has 1 aliphatic carbocycles. The van der Waals surface area contributed by atoms with Gasteiger partial charge in [0.05, 0.1) is 6.20 Å². The van der Waals surface area contributed by atoms with Gasteiger partial charge in [-0.15, -0.1) is 0 Å². The second-order valence-corrected chi connectivity index (χ2v) is 3.87. The van der Waals surface area contributed by atoms with Crippen molar-refractivity contribution in [3.63, 3.8) is 0 Å². The van der Waals surface area contributed by atoms with Crippen molar-refractivity contribution in [3.8, 4) is 0 Å². The van der Waals surface area contributed by atoms with E-state index in [9.17, 15) is 4.79 Å². The quantitative estimate of drug-likeness (QED) is 0.770. The van der Waals surface area contributed by atoms with Crippen molar-refractivity contribution >= 4 is 11.7 Å². The molecule has 2 N–H and O–H groups in total. The van der Waals surface area contributed by atoms with E-state index in [0.29, 0.717) is 18.2 Å². The Bertz CT molecular complexity index is 288. The normalized spacial score (nSPS) is 17.1. The Labute approximate surface area is 83.1 Å². The van der Waals surface area contributed by atoms with Crippen LogP contribution in [-0.2, 0) is 4.79 Å². The van der Waals surface area contributed by atoms with Gasteiger partial charge in [0.25, 0.3) is 0 Å². The van der Waals surface area contributed by atoms with Crippen molar-refractivity contribution in [3.05, 3.63) is 12.3 Å². The molecule has 1 aromatic rings. The van der Waals surface area contributed by atoms with Gasteiger partial charge in [0.15, 0.2) is 0 Å². The Morgan fingerprint density at radius 3 is 3.00 bits per heavy atom. The van der Waals surface area contributed by atoms with Gasteiger partial charge in [-0.25, -0.2) is 0 Å². The molecule has 0 spiro atoms. The van der Waals surface area contributed by atoms with Crippen LogP contribution in [-0.4, -0.2) is 16.1 Å². The van der Waals surface area contributed by atoms with Crippen molar-refractivity contribution < 1.29 is 4.79 Å². The number of hydrogen-bond donors (Lipinski definition) is 2. The summed E-state index contributed by atoms with van der Waals surface area (Å²) in [5.41, 5.74) is 0. The van der Waals surface area contributed by atoms with E-state index in [1.165, 1.54) is 25.7 Å². The summed E-state index contributed by atoms with van der Waals surface area (Å²) in [5.74, 6) is 1.38. The minimum Gasteiger partial charge on any atom is -0.311 e. The number of amides is 1. The zero-order chi connectivity index (χ0) is 9.80. The molecule has 1 aliphatic rings. The molecule has 1 fully saturated rings. The number of nitrogens with one attached hydrogen (secondary N) is 2. The second kappa shape index (κ2) is 4.26. The van der Waals surface area contributed by atoms with Crippen molar-refractivity contribution in [2.24, 2.45) is 5.92 Å². The smallest absolute Gasteiger partial charge is 0.225 e. The van der Waals surface area contributed by atoms with Crippen LogP contribution < -0.4 is 5.32 Å². The first kappa shape index (κ1) is 9.24. The molecule has 0 aliphatic heterocycles. The van der Waals surface area contributed by atoms with Crippen molar-refractivity contribution in [2.75, 3.05) is 5.32 Å². The van der Waals surface area contributed by atoms with Gasteiger partial charge in [-0.2, -0.15) is 5.10 Å². The first-order valence-electron chi connectivity index (χ1n) is 5.14. The van der Waals surface area contributed by atoms with Crippen LogP contribution in [0.15, 0.2) is 12.3 Å². The van der Waals surface area contributed by atoms with Crippen molar-refractivity contribution in [1.82, 2.24) is 10.2 Å². The van der Waals surface area contributed by atoms with E-state index in [-0.39, 0.29) is 5.91 Å². The summed E-state index contributed by atoms with van der Waals surface area (Å²) < 4.78 is 0. The Morgan fingerprint density at radius 2 is 2.36 bits per heavy atom. The maximum absolute atomic E-state index is 11.5. The van der Waals surface area contributed by atoms with E-state index in [0.717, 1.165) is 0 Å². The molecule has 0 atom stereocenters. The lowest BCUT2D eigenvalue weighted by Crippen LogP contribution is -2.15. The number of carbonyl (C=O) groups excluding carboxylic acids is 1. The molecule has 1 amide bonds. The molecule has 4 nitrogen and oxygen atoms in total. The topological polar surface area (TPSA) is 57.8 Å². The van der Waals surface area contributed by atoms with Crippen molar-refractivity contribution in [2.45, 2.75) is 32.1 Å². The van der Waals surface area contributed by atoms with Gasteiger partial charge >= 0.3 is 0 Å². The van der Waals surface area contributed by atoms with Crippen LogP contribution in [0.3, 0.4) is 0 Å². The SMILES string of the molecule is O=C(CC1CCCC1)Nc1ccn[nH]1. The number of anilines is 1. The van der Waals surface area contributed by atoms with Crippen LogP contribution in [0.2, 0.25) is 0 Å². The summed E-state index contributed by atoms with van der Waals surface area (Å²) in [6.45, 7) is 0. The number of hydrogen-bond acceptors (Lipinski definition) is 2. The summed E-state index contributed by atoms with van der Waals surface area (Å²) in [6, 6.07) is 1.76. The van der Waals surface area contributed by atoms with E-state index < -0.39 is 0 Å². The summed E-state index contributed by atoms with van der Waals surface area (Å²) in [4.78, 5) is 11.5. The zero-order valence-electron chi connectivity index (χ0n) is 8.12. The Balaban J connectivity index is 1.78. The van der Waals surface area contributed by atoms with Gasteiger partial charge in [-0.05, 0) is 18.8 Å². The lowest BCUT2D eigenvalue weighted by Gasteiger charge is -2.07. The number of H-pyrrole nitrogens is 1. The number of aromatic nitrogens is 2. The highest BCUT2D eigenvalue weighted by Gasteiger charge is 2.18. The molecule has 2 rings (SSSR count). The van der Waals surface area contributed by atoms with E-state index in [1.54, 1.807) is 12.3 Å². The number of rotatable bonds is 3. The molecular formula is C10H15N3O. The van der Waals surface area contributed by atoms with E-state index in [2.05, 4.69) is 15.5 Å². The number of nitrogens with zero attached hydrogens (tertiary/aromatic N) is 1. The van der Waals surface area contributed by atoms with E-state index >= 15 is 0 Å². The largest absolute Gasteiger partial charge is 0.311 e. The molecule has 0 radical (unpaired) electrons. The molecule has 0 bridgehead atoms. The zero-order valence-corrected chi connectivity index (χ0v) is 8.12. The molecule has 76 valence electrons. The van der Waals surface area contributed by atoms with Crippen LogP contribution in [0, 0.1) is 5.92 Å². The first-order valence-corrected chi connectivity index (χ1v) is 5.14. The highest BCUT2D eigenvalue weighted by molar-refractivity contribution is 5.89. The van der Waals surface area contributed by atoms with Crippen LogP contribution in [0.25, 0.3) is 0 Å². The molecule has 1 heterocycles. The summed E-state index contributed by atoms with van der Waals surface area (Å²) in [6.07, 6.45) is 7.25. The fourth-order valence-corrected chi connectivity index (χ4v) is 2.00. The fourth-order valence-electron chi connectivity index (χ4n) is 2.00. The molecule has 14 heavy (non-hydrogen) atoms. The summed E-state index contributed by atoms with van der Waals surface area (Å²) in [5, 5.41) is 9.27. The maximum atomic E-state index is 11.5. The average molecular weight is 193 g/mol. The molecule has 1 aromatic heterocycles. The Morgan fingerprint density at radius 1 is 1.57 bits per heavy atom. The monoisotopic (exact) mass is 193 g/mol. The predicted molar refractivity (Wildman–Crippen MR) is 53.8 cm³/mol. The Hall–Kier alpha value is -1.32. The molecule has 0 saturated heterocycles. The minimum atomic E-state index is 0.0983. The van der Waals surface area contributed by atoms with Gasteiger partial charge in [0.1, 0.15) is 5.82 Å². The molecule has 1 saturated carbocycles. The summed E-state index contributed by atoms with van der Waals surface area (Å²) >= 11 is 0.